The van der Waals surface area contributed by atoms with Crippen LogP contribution in [0.25, 0.3) is 0 Å². The van der Waals surface area contributed by atoms with Crippen LogP contribution < -0.4 is 18.9 Å². The minimum absolute atomic E-state index is 0.0662. The number of ether oxygens (including phenoxy) is 4. The van der Waals surface area contributed by atoms with Crippen LogP contribution >= 0.6 is 0 Å². The van der Waals surface area contributed by atoms with Gasteiger partial charge in [-0.25, -0.2) is 0 Å². The molecule has 0 fully saturated rings. The van der Waals surface area contributed by atoms with E-state index in [1.165, 1.54) is 0 Å². The standard InChI is InChI=1S/C25H30N2O6Se2/c1-26(24(34)20-12-18(30-3)7-9-22(20)32-5)14-16(28)11-17(29)15-27(2)25(35)21-13-19(31-4)8-10-23(21)33-6/h7-10,12-13H,11,14-15H2,1-6H3. The van der Waals surface area contributed by atoms with Crippen molar-refractivity contribution in [1.29, 1.82) is 0 Å². The molecule has 8 nitrogen and oxygen atoms in total. The Hall–Kier alpha value is -2.64. The quantitative estimate of drug-likeness (QED) is 0.232. The van der Waals surface area contributed by atoms with E-state index in [0.29, 0.717) is 32.1 Å². The minimum atomic E-state index is -0.193. The second-order valence-electron chi connectivity index (χ2n) is 7.71. The third kappa shape index (κ3) is 7.67. The van der Waals surface area contributed by atoms with Gasteiger partial charge in [-0.2, -0.15) is 0 Å². The summed E-state index contributed by atoms with van der Waals surface area (Å²) >= 11 is 5.99. The monoisotopic (exact) mass is 614 g/mol. The maximum absolute atomic E-state index is 12.7. The molecule has 0 aliphatic heterocycles. The topological polar surface area (TPSA) is 77.5 Å². The van der Waals surface area contributed by atoms with Crippen molar-refractivity contribution in [2.75, 3.05) is 55.6 Å². The SMILES string of the molecule is COc1ccc(OC)c(C(=[Se])N(C)CC(=O)CC(=O)CN(C)C(=[Se])c2cc(OC)ccc2OC)c1. The molecule has 0 saturated carbocycles. The third-order valence-electron chi connectivity index (χ3n) is 5.19. The van der Waals surface area contributed by atoms with Crippen molar-refractivity contribution in [1.82, 2.24) is 9.80 Å². The van der Waals surface area contributed by atoms with E-state index in [-0.39, 0.29) is 31.1 Å². The molecular weight excluding hydrogens is 582 g/mol. The van der Waals surface area contributed by atoms with E-state index in [1.54, 1.807) is 76.6 Å². The summed E-state index contributed by atoms with van der Waals surface area (Å²) in [5.41, 5.74) is 1.53. The molecule has 35 heavy (non-hydrogen) atoms. The van der Waals surface area contributed by atoms with Gasteiger partial charge in [0.1, 0.15) is 0 Å². The fraction of sp³-hybridized carbons (Fsp3) is 0.360. The van der Waals surface area contributed by atoms with Crippen molar-refractivity contribution >= 4 is 51.8 Å². The summed E-state index contributed by atoms with van der Waals surface area (Å²) < 4.78 is 22.9. The summed E-state index contributed by atoms with van der Waals surface area (Å²) in [4.78, 5) is 28.8. The molecule has 2 aromatic carbocycles. The first-order valence-electron chi connectivity index (χ1n) is 10.6. The van der Waals surface area contributed by atoms with Gasteiger partial charge in [-0.15, -0.1) is 0 Å². The number of methoxy groups -OCH3 is 4. The fourth-order valence-corrected chi connectivity index (χ4v) is 4.32. The van der Waals surface area contributed by atoms with E-state index >= 15 is 0 Å². The van der Waals surface area contributed by atoms with Gasteiger partial charge in [0.05, 0.1) is 0 Å². The number of carbonyl (C=O) groups excluding carboxylic acids is 2. The first kappa shape index (κ1) is 28.6. The number of Topliss-reactive ketones (excluding diaryl/α,β-unsaturated/α-hetero) is 2. The average Bonchev–Trinajstić information content (AvgIpc) is 2.86. The predicted octanol–water partition coefficient (Wildman–Crippen LogP) is 1.11. The number of ketones is 2. The van der Waals surface area contributed by atoms with Crippen LogP contribution in [0.1, 0.15) is 17.5 Å². The van der Waals surface area contributed by atoms with Gasteiger partial charge in [0.2, 0.25) is 0 Å². The molecule has 0 saturated heterocycles. The predicted molar refractivity (Wildman–Crippen MR) is 139 cm³/mol. The van der Waals surface area contributed by atoms with Gasteiger partial charge in [-0.3, -0.25) is 0 Å². The summed E-state index contributed by atoms with van der Waals surface area (Å²) in [5, 5.41) is 0. The molecular formula is C25H30N2O6Se2. The van der Waals surface area contributed by atoms with Crippen molar-refractivity contribution in [3.63, 3.8) is 0 Å². The first-order valence-corrected chi connectivity index (χ1v) is 12.3. The molecule has 0 unspecified atom stereocenters. The summed E-state index contributed by atoms with van der Waals surface area (Å²) in [6.45, 7) is 0.132. The number of carbonyl (C=O) groups is 2. The van der Waals surface area contributed by atoms with Crippen LogP contribution in [0.5, 0.6) is 23.0 Å². The van der Waals surface area contributed by atoms with Gasteiger partial charge in [0.25, 0.3) is 0 Å². The van der Waals surface area contributed by atoms with Crippen LogP contribution in [-0.2, 0) is 9.59 Å². The Bertz CT molecular complexity index is 1020. The molecule has 0 spiro atoms. The van der Waals surface area contributed by atoms with Gasteiger partial charge >= 0.3 is 223 Å². The number of rotatable bonds is 14. The van der Waals surface area contributed by atoms with Crippen molar-refractivity contribution in [2.45, 2.75) is 6.42 Å². The second kappa shape index (κ2) is 13.4. The van der Waals surface area contributed by atoms with Crippen LogP contribution in [-0.4, -0.2) is 117 Å². The molecule has 0 heterocycles. The fourth-order valence-electron chi connectivity index (χ4n) is 3.38. The van der Waals surface area contributed by atoms with Crippen molar-refractivity contribution in [3.8, 4) is 23.0 Å². The van der Waals surface area contributed by atoms with E-state index < -0.39 is 0 Å². The molecule has 0 aliphatic rings. The molecule has 0 N–H and O–H groups in total. The van der Waals surface area contributed by atoms with Gasteiger partial charge in [0.15, 0.2) is 0 Å². The third-order valence-corrected chi connectivity index (χ3v) is 7.42. The normalized spacial score (nSPS) is 10.2. The zero-order chi connectivity index (χ0) is 26.1. The van der Waals surface area contributed by atoms with Crippen LogP contribution in [0.4, 0.5) is 0 Å². The molecule has 0 amide bonds. The zero-order valence-electron chi connectivity index (χ0n) is 20.7. The molecule has 2 aromatic rings. The van der Waals surface area contributed by atoms with Crippen LogP contribution in [0, 0.1) is 0 Å². The van der Waals surface area contributed by atoms with Gasteiger partial charge in [-0.1, -0.05) is 0 Å². The number of hydrogen-bond acceptors (Lipinski definition) is 8. The van der Waals surface area contributed by atoms with E-state index in [0.717, 1.165) is 11.1 Å². The van der Waals surface area contributed by atoms with Gasteiger partial charge in [-0.05, 0) is 0 Å². The molecule has 0 bridgehead atoms. The summed E-state index contributed by atoms with van der Waals surface area (Å²) in [7, 11) is 9.89. The summed E-state index contributed by atoms with van der Waals surface area (Å²) in [6.07, 6.45) is -0.181. The number of likely N-dealkylation sites (N-methyl/N-ethyl adjacent to an activating group) is 2. The molecule has 188 valence electrons. The molecule has 0 radical (unpaired) electrons. The van der Waals surface area contributed by atoms with Crippen molar-refractivity contribution in [2.24, 2.45) is 0 Å². The molecule has 10 heteroatoms. The Morgan fingerprint density at radius 3 is 1.37 bits per heavy atom. The molecule has 0 aliphatic carbocycles. The van der Waals surface area contributed by atoms with E-state index in [2.05, 4.69) is 31.2 Å². The van der Waals surface area contributed by atoms with Gasteiger partial charge < -0.3 is 0 Å². The molecule has 2 rings (SSSR count). The average molecular weight is 612 g/mol. The van der Waals surface area contributed by atoms with E-state index in [9.17, 15) is 9.59 Å². The van der Waals surface area contributed by atoms with Crippen LogP contribution in [0.3, 0.4) is 0 Å². The van der Waals surface area contributed by atoms with Crippen molar-refractivity contribution < 1.29 is 28.5 Å². The molecule has 0 atom stereocenters. The Kier molecular flexibility index (Phi) is 11.0. The van der Waals surface area contributed by atoms with Crippen molar-refractivity contribution in [3.05, 3.63) is 47.5 Å². The van der Waals surface area contributed by atoms with E-state index in [1.807, 2.05) is 12.1 Å². The Morgan fingerprint density at radius 1 is 0.686 bits per heavy atom. The Morgan fingerprint density at radius 2 is 1.06 bits per heavy atom. The van der Waals surface area contributed by atoms with Crippen LogP contribution in [0.15, 0.2) is 36.4 Å². The zero-order valence-corrected chi connectivity index (χ0v) is 24.2. The summed E-state index contributed by atoms with van der Waals surface area (Å²) in [6, 6.07) is 10.9. The number of nitrogens with zero attached hydrogens (tertiary/aromatic N) is 2. The number of hydrogen-bond donors (Lipinski definition) is 0. The second-order valence-corrected chi connectivity index (χ2v) is 9.33. The summed E-state index contributed by atoms with van der Waals surface area (Å²) in [5.74, 6) is 2.24. The van der Waals surface area contributed by atoms with Crippen LogP contribution in [0.2, 0.25) is 0 Å². The number of benzene rings is 2. The van der Waals surface area contributed by atoms with E-state index in [4.69, 9.17) is 18.9 Å². The Labute approximate surface area is 222 Å². The first-order chi connectivity index (χ1) is 16.6. The molecule has 0 aromatic heterocycles. The maximum atomic E-state index is 12.7. The van der Waals surface area contributed by atoms with Gasteiger partial charge in [0, 0.05) is 0 Å². The Balaban J connectivity index is 2.00.